The molecule has 18 heavy (non-hydrogen) atoms. The average molecular weight is 269 g/mol. The molecule has 0 aliphatic rings. The predicted molar refractivity (Wildman–Crippen MR) is 72.0 cm³/mol. The maximum Gasteiger partial charge on any atom is 0.236 e. The maximum atomic E-state index is 12.0. The van der Waals surface area contributed by atoms with E-state index in [0.29, 0.717) is 10.6 Å². The molecule has 0 radical (unpaired) electrons. The number of amides is 1. The summed E-state index contributed by atoms with van der Waals surface area (Å²) in [6.45, 7) is 0.381. The van der Waals surface area contributed by atoms with E-state index in [-0.39, 0.29) is 24.8 Å². The van der Waals surface area contributed by atoms with Crippen molar-refractivity contribution in [3.05, 3.63) is 34.9 Å². The molecule has 0 spiro atoms. The molecular weight excluding hydrogens is 252 g/mol. The normalized spacial score (nSPS) is 10.5. The van der Waals surface area contributed by atoms with Gasteiger partial charge < -0.3 is 4.90 Å². The predicted octanol–water partition coefficient (Wildman–Crippen LogP) is 1.54. The third-order valence-corrected chi connectivity index (χ3v) is 2.82. The zero-order valence-electron chi connectivity index (χ0n) is 10.8. The van der Waals surface area contributed by atoms with Gasteiger partial charge in [-0.05, 0) is 19.2 Å². The van der Waals surface area contributed by atoms with Gasteiger partial charge in [0.05, 0.1) is 18.1 Å². The first-order chi connectivity index (χ1) is 8.41. The van der Waals surface area contributed by atoms with Crippen molar-refractivity contribution in [3.8, 4) is 0 Å². The first kappa shape index (κ1) is 14.7. The van der Waals surface area contributed by atoms with Gasteiger partial charge in [0.15, 0.2) is 5.78 Å². The van der Waals surface area contributed by atoms with Gasteiger partial charge in [0, 0.05) is 19.7 Å². The minimum Gasteiger partial charge on any atom is -0.348 e. The fourth-order valence-corrected chi connectivity index (χ4v) is 1.69. The molecule has 0 unspecified atom stereocenters. The number of ketones is 1. The highest BCUT2D eigenvalue weighted by molar-refractivity contribution is 6.34. The van der Waals surface area contributed by atoms with Gasteiger partial charge in [-0.1, -0.05) is 23.7 Å². The lowest BCUT2D eigenvalue weighted by molar-refractivity contribution is -0.129. The highest BCUT2D eigenvalue weighted by Crippen LogP contribution is 2.15. The Labute approximate surface area is 112 Å². The lowest BCUT2D eigenvalue weighted by Crippen LogP contribution is -2.37. The Hall–Kier alpha value is -1.39. The Morgan fingerprint density at radius 2 is 1.72 bits per heavy atom. The second kappa shape index (κ2) is 6.52. The summed E-state index contributed by atoms with van der Waals surface area (Å²) in [7, 11) is 5.11. The van der Waals surface area contributed by atoms with Crippen LogP contribution in [0.1, 0.15) is 10.4 Å². The number of rotatable bonds is 5. The van der Waals surface area contributed by atoms with E-state index in [1.54, 1.807) is 50.3 Å². The van der Waals surface area contributed by atoms with Crippen LogP contribution in [0, 0.1) is 0 Å². The van der Waals surface area contributed by atoms with Crippen LogP contribution in [0.5, 0.6) is 0 Å². The van der Waals surface area contributed by atoms with Gasteiger partial charge in [-0.2, -0.15) is 0 Å². The monoisotopic (exact) mass is 268 g/mol. The van der Waals surface area contributed by atoms with E-state index in [0.717, 1.165) is 0 Å². The second-order valence-corrected chi connectivity index (χ2v) is 4.77. The van der Waals surface area contributed by atoms with Gasteiger partial charge in [0.2, 0.25) is 5.91 Å². The summed E-state index contributed by atoms with van der Waals surface area (Å²) in [6, 6.07) is 6.91. The smallest absolute Gasteiger partial charge is 0.236 e. The zero-order valence-corrected chi connectivity index (χ0v) is 11.6. The molecule has 1 aromatic carbocycles. The van der Waals surface area contributed by atoms with Crippen molar-refractivity contribution in [2.24, 2.45) is 0 Å². The molecule has 0 heterocycles. The van der Waals surface area contributed by atoms with Gasteiger partial charge in [0.25, 0.3) is 0 Å². The SMILES string of the molecule is CN(CC(=O)c1ccccc1Cl)CC(=O)N(C)C. The number of hydrogen-bond donors (Lipinski definition) is 0. The molecule has 0 aromatic heterocycles. The van der Waals surface area contributed by atoms with Crippen molar-refractivity contribution >= 4 is 23.3 Å². The lowest BCUT2D eigenvalue weighted by atomic mass is 10.1. The maximum absolute atomic E-state index is 12.0. The molecule has 5 heteroatoms. The Morgan fingerprint density at radius 1 is 1.11 bits per heavy atom. The first-order valence-electron chi connectivity index (χ1n) is 5.58. The summed E-state index contributed by atoms with van der Waals surface area (Å²) >= 11 is 5.94. The third-order valence-electron chi connectivity index (χ3n) is 2.49. The van der Waals surface area contributed by atoms with E-state index in [9.17, 15) is 9.59 Å². The summed E-state index contributed by atoms with van der Waals surface area (Å²) in [5.74, 6) is -0.126. The second-order valence-electron chi connectivity index (χ2n) is 4.36. The molecule has 0 aliphatic heterocycles. The molecule has 1 amide bonds. The van der Waals surface area contributed by atoms with Crippen LogP contribution in [0.3, 0.4) is 0 Å². The molecular formula is C13H17ClN2O2. The molecule has 1 rings (SSSR count). The standard InChI is InChI=1S/C13H17ClN2O2/c1-15(2)13(18)9-16(3)8-12(17)10-6-4-5-7-11(10)14/h4-7H,8-9H2,1-3H3. The van der Waals surface area contributed by atoms with E-state index in [1.807, 2.05) is 0 Å². The number of carbonyl (C=O) groups is 2. The average Bonchev–Trinajstić information content (AvgIpc) is 2.28. The van der Waals surface area contributed by atoms with Crippen LogP contribution in [0.15, 0.2) is 24.3 Å². The fourth-order valence-electron chi connectivity index (χ4n) is 1.45. The summed E-state index contributed by atoms with van der Waals surface area (Å²) < 4.78 is 0. The quantitative estimate of drug-likeness (QED) is 0.761. The number of benzene rings is 1. The highest BCUT2D eigenvalue weighted by Gasteiger charge is 2.14. The topological polar surface area (TPSA) is 40.6 Å². The number of nitrogens with zero attached hydrogens (tertiary/aromatic N) is 2. The Morgan fingerprint density at radius 3 is 2.28 bits per heavy atom. The van der Waals surface area contributed by atoms with Gasteiger partial charge in [-0.15, -0.1) is 0 Å². The molecule has 0 N–H and O–H groups in total. The molecule has 0 atom stereocenters. The Bertz CT molecular complexity index is 446. The van der Waals surface area contributed by atoms with Crippen LogP contribution in [0.2, 0.25) is 5.02 Å². The van der Waals surface area contributed by atoms with E-state index >= 15 is 0 Å². The Kier molecular flexibility index (Phi) is 5.31. The van der Waals surface area contributed by atoms with Gasteiger partial charge in [-0.25, -0.2) is 0 Å². The van der Waals surface area contributed by atoms with Crippen LogP contribution in [-0.4, -0.2) is 55.7 Å². The van der Waals surface area contributed by atoms with E-state index in [1.165, 1.54) is 4.90 Å². The summed E-state index contributed by atoms with van der Waals surface area (Å²) in [6.07, 6.45) is 0. The molecule has 4 nitrogen and oxygen atoms in total. The molecule has 0 saturated heterocycles. The van der Waals surface area contributed by atoms with Crippen molar-refractivity contribution in [3.63, 3.8) is 0 Å². The van der Waals surface area contributed by atoms with Crippen molar-refractivity contribution in [1.82, 2.24) is 9.80 Å². The van der Waals surface area contributed by atoms with Crippen molar-refractivity contribution in [2.75, 3.05) is 34.2 Å². The van der Waals surface area contributed by atoms with Gasteiger partial charge in [0.1, 0.15) is 0 Å². The molecule has 1 aromatic rings. The van der Waals surface area contributed by atoms with Crippen LogP contribution >= 0.6 is 11.6 Å². The van der Waals surface area contributed by atoms with E-state index in [4.69, 9.17) is 11.6 Å². The van der Waals surface area contributed by atoms with Crippen LogP contribution in [0.25, 0.3) is 0 Å². The molecule has 0 saturated carbocycles. The third kappa shape index (κ3) is 4.13. The number of halogens is 1. The zero-order chi connectivity index (χ0) is 13.7. The number of Topliss-reactive ketones (excluding diaryl/α,β-unsaturated/α-hetero) is 1. The van der Waals surface area contributed by atoms with Crippen molar-refractivity contribution < 1.29 is 9.59 Å². The molecule has 0 aliphatic carbocycles. The lowest BCUT2D eigenvalue weighted by Gasteiger charge is -2.18. The first-order valence-corrected chi connectivity index (χ1v) is 5.96. The van der Waals surface area contributed by atoms with Crippen LogP contribution < -0.4 is 0 Å². The van der Waals surface area contributed by atoms with E-state index < -0.39 is 0 Å². The molecule has 0 fully saturated rings. The summed E-state index contributed by atoms with van der Waals surface area (Å²) in [4.78, 5) is 26.6. The van der Waals surface area contributed by atoms with Crippen molar-refractivity contribution in [2.45, 2.75) is 0 Å². The fraction of sp³-hybridized carbons (Fsp3) is 0.385. The van der Waals surface area contributed by atoms with Crippen LogP contribution in [-0.2, 0) is 4.79 Å². The number of carbonyl (C=O) groups excluding carboxylic acids is 2. The van der Waals surface area contributed by atoms with Gasteiger partial charge >= 0.3 is 0 Å². The molecule has 98 valence electrons. The van der Waals surface area contributed by atoms with Crippen molar-refractivity contribution in [1.29, 1.82) is 0 Å². The minimum absolute atomic E-state index is 0.0375. The Balaban J connectivity index is 2.60. The largest absolute Gasteiger partial charge is 0.348 e. The number of hydrogen-bond acceptors (Lipinski definition) is 3. The minimum atomic E-state index is -0.0883. The summed E-state index contributed by atoms with van der Waals surface area (Å²) in [5.41, 5.74) is 0.489. The molecule has 0 bridgehead atoms. The van der Waals surface area contributed by atoms with E-state index in [2.05, 4.69) is 0 Å². The summed E-state index contributed by atoms with van der Waals surface area (Å²) in [5, 5.41) is 0.440. The highest BCUT2D eigenvalue weighted by atomic mass is 35.5. The van der Waals surface area contributed by atoms with Gasteiger partial charge in [-0.3, -0.25) is 14.5 Å². The van der Waals surface area contributed by atoms with Crippen LogP contribution in [0.4, 0.5) is 0 Å². The number of likely N-dealkylation sites (N-methyl/N-ethyl adjacent to an activating group) is 2.